The zero-order valence-corrected chi connectivity index (χ0v) is 10.9. The first-order valence-corrected chi connectivity index (χ1v) is 6.58. The molecule has 114 valence electrons. The van der Waals surface area contributed by atoms with Crippen molar-refractivity contribution in [2.75, 3.05) is 26.3 Å². The van der Waals surface area contributed by atoms with Crippen LogP contribution < -0.4 is 5.32 Å². The minimum Gasteiger partial charge on any atom is -0.379 e. The molecule has 0 aromatic rings. The summed E-state index contributed by atoms with van der Waals surface area (Å²) in [5.41, 5.74) is 0. The molecule has 0 aliphatic carbocycles. The fourth-order valence-corrected chi connectivity index (χ4v) is 2.49. The van der Waals surface area contributed by atoms with Gasteiger partial charge in [-0.1, -0.05) is 0 Å². The molecule has 1 N–H and O–H groups in total. The highest BCUT2D eigenvalue weighted by Gasteiger charge is 2.40. The zero-order valence-electron chi connectivity index (χ0n) is 10.9. The lowest BCUT2D eigenvalue weighted by molar-refractivity contribution is -0.157. The Bertz CT molecular complexity index is 381. The molecule has 2 heterocycles. The molecule has 1 unspecified atom stereocenters. The van der Waals surface area contributed by atoms with Gasteiger partial charge in [0.25, 0.3) is 0 Å². The Morgan fingerprint density at radius 1 is 1.45 bits per heavy atom. The fraction of sp³-hybridized carbons (Fsp3) is 0.833. The molecule has 2 fully saturated rings. The van der Waals surface area contributed by atoms with Crippen LogP contribution in [0.25, 0.3) is 0 Å². The number of hydrogen-bond donors (Lipinski definition) is 1. The second-order valence-electron chi connectivity index (χ2n) is 5.21. The first kappa shape index (κ1) is 15.1. The number of likely N-dealkylation sites (tertiary alicyclic amines) is 1. The molecular formula is C12H17F3N2O3. The Hall–Kier alpha value is -1.31. The van der Waals surface area contributed by atoms with Gasteiger partial charge in [-0.25, -0.2) is 0 Å². The smallest absolute Gasteiger partial charge is 0.379 e. The van der Waals surface area contributed by atoms with Gasteiger partial charge in [0.05, 0.1) is 18.6 Å². The average molecular weight is 294 g/mol. The number of ether oxygens (including phenoxy) is 1. The standard InChI is InChI=1S/C12H17F3N2O3/c13-12(14,15)7-17-5-8(4-10(17)18)11(19)16-9-2-1-3-20-6-9/h8-9H,1-7H2,(H,16,19)/t8?,9-/m0/s1. The lowest BCUT2D eigenvalue weighted by atomic mass is 10.1. The zero-order chi connectivity index (χ0) is 14.8. The van der Waals surface area contributed by atoms with Crippen LogP contribution in [0.3, 0.4) is 0 Å². The van der Waals surface area contributed by atoms with Crippen molar-refractivity contribution < 1.29 is 27.5 Å². The van der Waals surface area contributed by atoms with Crippen molar-refractivity contribution in [1.82, 2.24) is 10.2 Å². The van der Waals surface area contributed by atoms with E-state index in [1.807, 2.05) is 0 Å². The molecule has 5 nitrogen and oxygen atoms in total. The second kappa shape index (κ2) is 5.99. The molecule has 2 rings (SSSR count). The largest absolute Gasteiger partial charge is 0.406 e. The van der Waals surface area contributed by atoms with Gasteiger partial charge in [0.15, 0.2) is 0 Å². The molecule has 0 aromatic carbocycles. The van der Waals surface area contributed by atoms with E-state index in [1.165, 1.54) is 0 Å². The lowest BCUT2D eigenvalue weighted by Gasteiger charge is -2.24. The van der Waals surface area contributed by atoms with Gasteiger partial charge in [0, 0.05) is 19.6 Å². The van der Waals surface area contributed by atoms with Crippen LogP contribution in [-0.4, -0.2) is 55.2 Å². The van der Waals surface area contributed by atoms with Crippen LogP contribution in [-0.2, 0) is 14.3 Å². The summed E-state index contributed by atoms with van der Waals surface area (Å²) in [4.78, 5) is 24.1. The van der Waals surface area contributed by atoms with E-state index < -0.39 is 24.5 Å². The van der Waals surface area contributed by atoms with E-state index in [-0.39, 0.29) is 24.9 Å². The third-order valence-electron chi connectivity index (χ3n) is 3.46. The predicted octanol–water partition coefficient (Wildman–Crippen LogP) is 0.692. The van der Waals surface area contributed by atoms with E-state index in [9.17, 15) is 22.8 Å². The fourth-order valence-electron chi connectivity index (χ4n) is 2.49. The van der Waals surface area contributed by atoms with Gasteiger partial charge in [-0.3, -0.25) is 9.59 Å². The number of nitrogens with zero attached hydrogens (tertiary/aromatic N) is 1. The summed E-state index contributed by atoms with van der Waals surface area (Å²) in [5.74, 6) is -1.69. The summed E-state index contributed by atoms with van der Waals surface area (Å²) in [6, 6.07) is -0.108. The SMILES string of the molecule is O=C(N[C@H]1CCCOC1)C1CC(=O)N(CC(F)(F)F)C1. The van der Waals surface area contributed by atoms with Gasteiger partial charge >= 0.3 is 6.18 Å². The monoisotopic (exact) mass is 294 g/mol. The Labute approximate surface area is 114 Å². The van der Waals surface area contributed by atoms with E-state index in [0.717, 1.165) is 12.8 Å². The second-order valence-corrected chi connectivity index (χ2v) is 5.21. The highest BCUT2D eigenvalue weighted by atomic mass is 19.4. The third-order valence-corrected chi connectivity index (χ3v) is 3.46. The molecule has 0 spiro atoms. The number of hydrogen-bond acceptors (Lipinski definition) is 3. The molecule has 0 aromatic heterocycles. The van der Waals surface area contributed by atoms with Crippen LogP contribution >= 0.6 is 0 Å². The number of halogens is 3. The summed E-state index contributed by atoms with van der Waals surface area (Å²) in [6.07, 6.45) is -2.96. The predicted molar refractivity (Wildman–Crippen MR) is 62.7 cm³/mol. The van der Waals surface area contributed by atoms with Crippen molar-refractivity contribution in [3.05, 3.63) is 0 Å². The quantitative estimate of drug-likeness (QED) is 0.833. The first-order valence-electron chi connectivity index (χ1n) is 6.58. The van der Waals surface area contributed by atoms with Crippen molar-refractivity contribution in [2.45, 2.75) is 31.5 Å². The van der Waals surface area contributed by atoms with Crippen LogP contribution in [0, 0.1) is 5.92 Å². The van der Waals surface area contributed by atoms with Crippen LogP contribution in [0.2, 0.25) is 0 Å². The molecule has 2 atom stereocenters. The Kier molecular flexibility index (Phi) is 4.52. The maximum Gasteiger partial charge on any atom is 0.406 e. The number of amides is 2. The van der Waals surface area contributed by atoms with Gasteiger partial charge in [-0.2, -0.15) is 13.2 Å². The minimum atomic E-state index is -4.43. The highest BCUT2D eigenvalue weighted by molar-refractivity contribution is 5.89. The molecule has 2 saturated heterocycles. The van der Waals surface area contributed by atoms with E-state index in [2.05, 4.69) is 5.32 Å². The average Bonchev–Trinajstić information content (AvgIpc) is 2.70. The summed E-state index contributed by atoms with van der Waals surface area (Å²) in [5, 5.41) is 2.74. The van der Waals surface area contributed by atoms with Crippen molar-refractivity contribution in [3.63, 3.8) is 0 Å². The Morgan fingerprint density at radius 2 is 2.20 bits per heavy atom. The van der Waals surface area contributed by atoms with Gasteiger partial charge in [0.2, 0.25) is 11.8 Å². The van der Waals surface area contributed by atoms with Crippen molar-refractivity contribution in [2.24, 2.45) is 5.92 Å². The summed E-state index contributed by atoms with van der Waals surface area (Å²) in [6.45, 7) is -0.383. The molecule has 0 saturated carbocycles. The van der Waals surface area contributed by atoms with Crippen molar-refractivity contribution in [3.8, 4) is 0 Å². The first-order chi connectivity index (χ1) is 9.35. The molecule has 0 bridgehead atoms. The summed E-state index contributed by atoms with van der Waals surface area (Å²) >= 11 is 0. The molecule has 8 heteroatoms. The number of alkyl halides is 3. The molecule has 0 radical (unpaired) electrons. The van der Waals surface area contributed by atoms with Crippen molar-refractivity contribution in [1.29, 1.82) is 0 Å². The van der Waals surface area contributed by atoms with Gasteiger partial charge in [-0.15, -0.1) is 0 Å². The molecule has 2 aliphatic rings. The number of rotatable bonds is 3. The van der Waals surface area contributed by atoms with Crippen LogP contribution in [0.5, 0.6) is 0 Å². The van der Waals surface area contributed by atoms with Gasteiger partial charge < -0.3 is 15.0 Å². The maximum absolute atomic E-state index is 12.3. The van der Waals surface area contributed by atoms with E-state index in [0.29, 0.717) is 18.1 Å². The summed E-state index contributed by atoms with van der Waals surface area (Å²) in [7, 11) is 0. The van der Waals surface area contributed by atoms with Crippen molar-refractivity contribution >= 4 is 11.8 Å². The Balaban J connectivity index is 1.84. The minimum absolute atomic E-state index is 0.108. The van der Waals surface area contributed by atoms with Gasteiger partial charge in [-0.05, 0) is 12.8 Å². The molecule has 20 heavy (non-hydrogen) atoms. The molecule has 2 aliphatic heterocycles. The van der Waals surface area contributed by atoms with Crippen LogP contribution in [0.1, 0.15) is 19.3 Å². The van der Waals surface area contributed by atoms with E-state index >= 15 is 0 Å². The van der Waals surface area contributed by atoms with Crippen LogP contribution in [0.4, 0.5) is 13.2 Å². The molecular weight excluding hydrogens is 277 g/mol. The van der Waals surface area contributed by atoms with Crippen LogP contribution in [0.15, 0.2) is 0 Å². The highest BCUT2D eigenvalue weighted by Crippen LogP contribution is 2.24. The van der Waals surface area contributed by atoms with E-state index in [1.54, 1.807) is 0 Å². The lowest BCUT2D eigenvalue weighted by Crippen LogP contribution is -2.44. The molecule has 2 amide bonds. The Morgan fingerprint density at radius 3 is 2.80 bits per heavy atom. The normalized spacial score (nSPS) is 27.8. The topological polar surface area (TPSA) is 58.6 Å². The van der Waals surface area contributed by atoms with Gasteiger partial charge in [0.1, 0.15) is 6.54 Å². The summed E-state index contributed by atoms with van der Waals surface area (Å²) < 4.78 is 42.0. The third kappa shape index (κ3) is 4.09. The van der Waals surface area contributed by atoms with E-state index in [4.69, 9.17) is 4.74 Å². The number of carbonyl (C=O) groups excluding carboxylic acids is 2. The number of carbonyl (C=O) groups is 2. The maximum atomic E-state index is 12.3. The number of nitrogens with one attached hydrogen (secondary N) is 1.